The van der Waals surface area contributed by atoms with Crippen LogP contribution in [0, 0.1) is 12.8 Å². The summed E-state index contributed by atoms with van der Waals surface area (Å²) in [4.78, 5) is 28.0. The standard InChI is InChI=1S/C26H35N3O6S/c1-6-36(32,33)29(22-10-11-23-24(13-22)35-17-34-23)16-25(30)28(15-21-9-7-8-19(4)12-21)20(5)26(31)27-14-18(2)3/h7-13,18,20H,6,14-17H2,1-5H3,(H,27,31)/t20-/m1/s1. The minimum absolute atomic E-state index is 0.0471. The van der Waals surface area contributed by atoms with E-state index in [1.54, 1.807) is 25.1 Å². The summed E-state index contributed by atoms with van der Waals surface area (Å²) < 4.78 is 37.9. The van der Waals surface area contributed by atoms with Crippen LogP contribution >= 0.6 is 0 Å². The van der Waals surface area contributed by atoms with E-state index in [1.807, 2.05) is 45.0 Å². The van der Waals surface area contributed by atoms with Crippen molar-refractivity contribution < 1.29 is 27.5 Å². The van der Waals surface area contributed by atoms with Gasteiger partial charge in [0.15, 0.2) is 11.5 Å². The molecule has 0 radical (unpaired) electrons. The molecule has 0 bridgehead atoms. The number of aryl methyl sites for hydroxylation is 1. The van der Waals surface area contributed by atoms with Crippen LogP contribution in [0.3, 0.4) is 0 Å². The monoisotopic (exact) mass is 517 g/mol. The third-order valence-electron chi connectivity index (χ3n) is 5.91. The minimum Gasteiger partial charge on any atom is -0.454 e. The van der Waals surface area contributed by atoms with Crippen LogP contribution in [0.1, 0.15) is 38.8 Å². The molecule has 3 rings (SSSR count). The van der Waals surface area contributed by atoms with Crippen LogP contribution in [0.15, 0.2) is 42.5 Å². The Bertz CT molecular complexity index is 1200. The fourth-order valence-corrected chi connectivity index (χ4v) is 4.86. The lowest BCUT2D eigenvalue weighted by Crippen LogP contribution is -2.51. The Morgan fingerprint density at radius 2 is 1.78 bits per heavy atom. The highest BCUT2D eigenvalue weighted by Gasteiger charge is 2.31. The van der Waals surface area contributed by atoms with Gasteiger partial charge in [0.25, 0.3) is 0 Å². The Labute approximate surface area is 213 Å². The number of carbonyl (C=O) groups is 2. The van der Waals surface area contributed by atoms with Crippen molar-refractivity contribution in [3.8, 4) is 11.5 Å². The quantitative estimate of drug-likeness (QED) is 0.491. The van der Waals surface area contributed by atoms with E-state index in [0.717, 1.165) is 15.4 Å². The van der Waals surface area contributed by atoms with Crippen molar-refractivity contribution in [3.05, 3.63) is 53.6 Å². The van der Waals surface area contributed by atoms with E-state index in [1.165, 1.54) is 11.8 Å². The summed E-state index contributed by atoms with van der Waals surface area (Å²) in [6.45, 7) is 9.33. The third kappa shape index (κ3) is 6.69. The van der Waals surface area contributed by atoms with E-state index < -0.39 is 28.5 Å². The molecular formula is C26H35N3O6S. The van der Waals surface area contributed by atoms with Gasteiger partial charge in [-0.2, -0.15) is 0 Å². The summed E-state index contributed by atoms with van der Waals surface area (Å²) in [5.74, 6) is 0.191. The van der Waals surface area contributed by atoms with Gasteiger partial charge >= 0.3 is 0 Å². The van der Waals surface area contributed by atoms with Crippen molar-refractivity contribution in [1.29, 1.82) is 0 Å². The highest BCUT2D eigenvalue weighted by molar-refractivity contribution is 7.92. The molecule has 0 saturated carbocycles. The number of hydrogen-bond acceptors (Lipinski definition) is 6. The number of benzene rings is 2. The van der Waals surface area contributed by atoms with E-state index in [9.17, 15) is 18.0 Å². The number of nitrogens with zero attached hydrogens (tertiary/aromatic N) is 2. The lowest BCUT2D eigenvalue weighted by atomic mass is 10.1. The summed E-state index contributed by atoms with van der Waals surface area (Å²) in [7, 11) is -3.82. The van der Waals surface area contributed by atoms with Crippen LogP contribution in [0.25, 0.3) is 0 Å². The maximum atomic E-state index is 13.7. The second kappa shape index (κ2) is 11.6. The van der Waals surface area contributed by atoms with Gasteiger partial charge < -0.3 is 19.7 Å². The van der Waals surface area contributed by atoms with Gasteiger partial charge in [0.2, 0.25) is 28.6 Å². The molecule has 0 fully saturated rings. The molecule has 1 heterocycles. The number of rotatable bonds is 11. The third-order valence-corrected chi connectivity index (χ3v) is 7.65. The molecule has 1 N–H and O–H groups in total. The van der Waals surface area contributed by atoms with Gasteiger partial charge in [-0.25, -0.2) is 8.42 Å². The van der Waals surface area contributed by atoms with E-state index in [4.69, 9.17) is 9.47 Å². The normalized spacial score (nSPS) is 13.4. The Hall–Kier alpha value is -3.27. The minimum atomic E-state index is -3.82. The second-order valence-corrected chi connectivity index (χ2v) is 11.5. The molecule has 10 heteroatoms. The smallest absolute Gasteiger partial charge is 0.244 e. The molecule has 9 nitrogen and oxygen atoms in total. The van der Waals surface area contributed by atoms with Gasteiger partial charge in [-0.1, -0.05) is 43.7 Å². The fraction of sp³-hybridized carbons (Fsp3) is 0.462. The molecule has 196 valence electrons. The Kier molecular flexibility index (Phi) is 8.84. The van der Waals surface area contributed by atoms with Crippen molar-refractivity contribution in [2.75, 3.05) is 29.9 Å². The van der Waals surface area contributed by atoms with Gasteiger partial charge in [0, 0.05) is 19.2 Å². The molecule has 1 aliphatic rings. The average molecular weight is 518 g/mol. The van der Waals surface area contributed by atoms with Crippen LogP contribution in [-0.4, -0.2) is 56.8 Å². The number of amides is 2. The van der Waals surface area contributed by atoms with E-state index >= 15 is 0 Å². The highest BCUT2D eigenvalue weighted by Crippen LogP contribution is 2.36. The summed E-state index contributed by atoms with van der Waals surface area (Å²) in [6.07, 6.45) is 0. The molecule has 0 aliphatic carbocycles. The molecule has 36 heavy (non-hydrogen) atoms. The Morgan fingerprint density at radius 3 is 2.44 bits per heavy atom. The maximum absolute atomic E-state index is 13.7. The first-order valence-corrected chi connectivity index (χ1v) is 13.7. The van der Waals surface area contributed by atoms with Crippen molar-refractivity contribution in [2.45, 2.75) is 47.2 Å². The molecule has 2 amide bonds. The molecule has 0 unspecified atom stereocenters. The topological polar surface area (TPSA) is 105 Å². The summed E-state index contributed by atoms with van der Waals surface area (Å²) in [5, 5.41) is 2.87. The number of anilines is 1. The van der Waals surface area contributed by atoms with Crippen LogP contribution in [0.4, 0.5) is 5.69 Å². The molecule has 2 aromatic carbocycles. The lowest BCUT2D eigenvalue weighted by molar-refractivity contribution is -0.139. The predicted octanol–water partition coefficient (Wildman–Crippen LogP) is 3.07. The molecule has 0 saturated heterocycles. The van der Waals surface area contributed by atoms with E-state index in [2.05, 4.69) is 5.32 Å². The predicted molar refractivity (Wildman–Crippen MR) is 138 cm³/mol. The molecule has 1 aliphatic heterocycles. The number of ether oxygens (including phenoxy) is 2. The SMILES string of the molecule is CCS(=O)(=O)N(CC(=O)N(Cc1cccc(C)c1)[C@H](C)C(=O)NCC(C)C)c1ccc2c(c1)OCO2. The van der Waals surface area contributed by atoms with Crippen LogP contribution in [-0.2, 0) is 26.2 Å². The zero-order chi connectivity index (χ0) is 26.5. The van der Waals surface area contributed by atoms with Gasteiger partial charge in [0.05, 0.1) is 11.4 Å². The van der Waals surface area contributed by atoms with Crippen LogP contribution in [0.2, 0.25) is 0 Å². The van der Waals surface area contributed by atoms with Crippen LogP contribution < -0.4 is 19.1 Å². The molecular weight excluding hydrogens is 482 g/mol. The largest absolute Gasteiger partial charge is 0.454 e. The summed E-state index contributed by atoms with van der Waals surface area (Å²) in [5.41, 5.74) is 2.16. The number of fused-ring (bicyclic) bond motifs is 1. The second-order valence-electron chi connectivity index (χ2n) is 9.27. The summed E-state index contributed by atoms with van der Waals surface area (Å²) >= 11 is 0. The van der Waals surface area contributed by atoms with Gasteiger partial charge in [-0.3, -0.25) is 13.9 Å². The molecule has 0 aromatic heterocycles. The van der Waals surface area contributed by atoms with Gasteiger partial charge in [-0.15, -0.1) is 0 Å². The first-order chi connectivity index (χ1) is 17.0. The number of carbonyl (C=O) groups excluding carboxylic acids is 2. The van der Waals surface area contributed by atoms with Gasteiger partial charge in [0.1, 0.15) is 12.6 Å². The van der Waals surface area contributed by atoms with Crippen molar-refractivity contribution in [2.24, 2.45) is 5.92 Å². The van der Waals surface area contributed by atoms with E-state index in [0.29, 0.717) is 23.7 Å². The van der Waals surface area contributed by atoms with Crippen LogP contribution in [0.5, 0.6) is 11.5 Å². The summed E-state index contributed by atoms with van der Waals surface area (Å²) in [6, 6.07) is 11.6. The number of hydrogen-bond donors (Lipinski definition) is 1. The molecule has 1 atom stereocenters. The van der Waals surface area contributed by atoms with Crippen molar-refractivity contribution in [3.63, 3.8) is 0 Å². The van der Waals surface area contributed by atoms with Crippen molar-refractivity contribution in [1.82, 2.24) is 10.2 Å². The zero-order valence-electron chi connectivity index (χ0n) is 21.5. The maximum Gasteiger partial charge on any atom is 0.244 e. The lowest BCUT2D eigenvalue weighted by Gasteiger charge is -2.32. The Morgan fingerprint density at radius 1 is 1.06 bits per heavy atom. The number of sulfonamides is 1. The first-order valence-electron chi connectivity index (χ1n) is 12.0. The Balaban J connectivity index is 1.92. The molecule has 2 aromatic rings. The van der Waals surface area contributed by atoms with Crippen molar-refractivity contribution >= 4 is 27.5 Å². The van der Waals surface area contributed by atoms with E-state index in [-0.39, 0.29) is 30.9 Å². The fourth-order valence-electron chi connectivity index (χ4n) is 3.80. The molecule has 0 spiro atoms. The highest BCUT2D eigenvalue weighted by atomic mass is 32.2. The van der Waals surface area contributed by atoms with Gasteiger partial charge in [-0.05, 0) is 44.4 Å². The zero-order valence-corrected chi connectivity index (χ0v) is 22.3. The first kappa shape index (κ1) is 27.3. The average Bonchev–Trinajstić information content (AvgIpc) is 3.31. The number of nitrogens with one attached hydrogen (secondary N) is 1.